The summed E-state index contributed by atoms with van der Waals surface area (Å²) in [5, 5.41) is 0. The number of carbonyl (C=O) groups is 1. The van der Waals surface area contributed by atoms with E-state index in [4.69, 9.17) is 15.2 Å². The molecule has 0 spiro atoms. The highest BCUT2D eigenvalue weighted by Gasteiger charge is 2.10. The predicted molar refractivity (Wildman–Crippen MR) is 78.1 cm³/mol. The molecule has 0 radical (unpaired) electrons. The molecule has 0 heterocycles. The van der Waals surface area contributed by atoms with Gasteiger partial charge in [0.15, 0.2) is 17.3 Å². The lowest BCUT2D eigenvalue weighted by molar-refractivity contribution is 0.101. The van der Waals surface area contributed by atoms with Crippen LogP contribution in [0.1, 0.15) is 22.8 Å². The first kappa shape index (κ1) is 14.8. The maximum absolute atomic E-state index is 13.6. The summed E-state index contributed by atoms with van der Waals surface area (Å²) in [5.41, 5.74) is 7.19. The third kappa shape index (κ3) is 3.51. The predicted octanol–water partition coefficient (Wildman–Crippen LogP) is 3.20. The summed E-state index contributed by atoms with van der Waals surface area (Å²) < 4.78 is 24.0. The van der Waals surface area contributed by atoms with Gasteiger partial charge in [-0.3, -0.25) is 4.79 Å². The van der Waals surface area contributed by atoms with E-state index in [0.717, 1.165) is 0 Å². The molecule has 0 bridgehead atoms. The summed E-state index contributed by atoms with van der Waals surface area (Å²) in [6.07, 6.45) is 0. The number of rotatable bonds is 5. The van der Waals surface area contributed by atoms with E-state index in [9.17, 15) is 9.18 Å². The number of hydrogen-bond acceptors (Lipinski definition) is 4. The Morgan fingerprint density at radius 3 is 2.52 bits per heavy atom. The van der Waals surface area contributed by atoms with Crippen LogP contribution >= 0.6 is 0 Å². The minimum absolute atomic E-state index is 0.141. The van der Waals surface area contributed by atoms with Gasteiger partial charge in [0.2, 0.25) is 0 Å². The molecule has 0 saturated carbocycles. The Balaban J connectivity index is 2.16. The lowest BCUT2D eigenvalue weighted by atomic mass is 10.1. The van der Waals surface area contributed by atoms with Crippen molar-refractivity contribution in [3.8, 4) is 11.5 Å². The molecule has 2 aromatic carbocycles. The fourth-order valence-corrected chi connectivity index (χ4v) is 1.91. The zero-order valence-corrected chi connectivity index (χ0v) is 11.9. The SMILES string of the molecule is COc1ccc(COc2ccc(N)cc2C(C)=O)cc1F. The lowest BCUT2D eigenvalue weighted by Crippen LogP contribution is -2.03. The van der Waals surface area contributed by atoms with Crippen LogP contribution in [0.2, 0.25) is 0 Å². The number of halogens is 1. The maximum atomic E-state index is 13.6. The highest BCUT2D eigenvalue weighted by Crippen LogP contribution is 2.24. The molecule has 110 valence electrons. The zero-order valence-electron chi connectivity index (χ0n) is 11.9. The molecule has 0 amide bonds. The number of ketones is 1. The van der Waals surface area contributed by atoms with Crippen LogP contribution < -0.4 is 15.2 Å². The van der Waals surface area contributed by atoms with Crippen LogP contribution in [0.5, 0.6) is 11.5 Å². The van der Waals surface area contributed by atoms with Crippen molar-refractivity contribution < 1.29 is 18.7 Å². The van der Waals surface area contributed by atoms with Crippen molar-refractivity contribution in [1.82, 2.24) is 0 Å². The molecule has 2 aromatic rings. The van der Waals surface area contributed by atoms with Gasteiger partial charge in [0.05, 0.1) is 12.7 Å². The number of anilines is 1. The van der Waals surface area contributed by atoms with Crippen LogP contribution in [0.3, 0.4) is 0 Å². The third-order valence-electron chi connectivity index (χ3n) is 2.99. The van der Waals surface area contributed by atoms with Gasteiger partial charge in [-0.2, -0.15) is 0 Å². The van der Waals surface area contributed by atoms with E-state index >= 15 is 0 Å². The van der Waals surface area contributed by atoms with E-state index in [1.807, 2.05) is 0 Å². The minimum Gasteiger partial charge on any atom is -0.494 e. The number of methoxy groups -OCH3 is 1. The molecule has 5 heteroatoms. The van der Waals surface area contributed by atoms with Crippen LogP contribution in [-0.2, 0) is 6.61 Å². The largest absolute Gasteiger partial charge is 0.494 e. The van der Waals surface area contributed by atoms with E-state index < -0.39 is 5.82 Å². The van der Waals surface area contributed by atoms with Gasteiger partial charge in [0.1, 0.15) is 12.4 Å². The Kier molecular flexibility index (Phi) is 4.42. The monoisotopic (exact) mass is 289 g/mol. The first-order chi connectivity index (χ1) is 10.0. The van der Waals surface area contributed by atoms with Crippen LogP contribution in [0.25, 0.3) is 0 Å². The van der Waals surface area contributed by atoms with Crippen molar-refractivity contribution in [3.63, 3.8) is 0 Å². The number of benzene rings is 2. The normalized spacial score (nSPS) is 10.2. The third-order valence-corrected chi connectivity index (χ3v) is 2.99. The summed E-state index contributed by atoms with van der Waals surface area (Å²) in [5.74, 6) is 0.00416. The van der Waals surface area contributed by atoms with E-state index in [2.05, 4.69) is 0 Å². The molecule has 0 atom stereocenters. The molecule has 21 heavy (non-hydrogen) atoms. The fraction of sp³-hybridized carbons (Fsp3) is 0.188. The lowest BCUT2D eigenvalue weighted by Gasteiger charge is -2.11. The van der Waals surface area contributed by atoms with Crippen LogP contribution in [0, 0.1) is 5.82 Å². The molecule has 0 saturated heterocycles. The van der Waals surface area contributed by atoms with Gasteiger partial charge in [-0.25, -0.2) is 4.39 Å². The molecule has 0 unspecified atom stereocenters. The number of carbonyl (C=O) groups excluding carboxylic acids is 1. The van der Waals surface area contributed by atoms with E-state index in [1.165, 1.54) is 26.2 Å². The molecular formula is C16H16FNO3. The van der Waals surface area contributed by atoms with Crippen molar-refractivity contribution >= 4 is 11.5 Å². The Hall–Kier alpha value is -2.56. The summed E-state index contributed by atoms with van der Waals surface area (Å²) >= 11 is 0. The average molecular weight is 289 g/mol. The van der Waals surface area contributed by atoms with Gasteiger partial charge in [0, 0.05) is 5.69 Å². The van der Waals surface area contributed by atoms with Crippen molar-refractivity contribution in [1.29, 1.82) is 0 Å². The van der Waals surface area contributed by atoms with E-state index in [1.54, 1.807) is 24.3 Å². The van der Waals surface area contributed by atoms with Crippen LogP contribution in [0.15, 0.2) is 36.4 Å². The van der Waals surface area contributed by atoms with Gasteiger partial charge in [-0.05, 0) is 42.8 Å². The fourth-order valence-electron chi connectivity index (χ4n) is 1.91. The Bertz CT molecular complexity index is 671. The molecule has 0 aliphatic carbocycles. The summed E-state index contributed by atoms with van der Waals surface area (Å²) in [6.45, 7) is 1.58. The van der Waals surface area contributed by atoms with E-state index in [-0.39, 0.29) is 18.1 Å². The van der Waals surface area contributed by atoms with Crippen molar-refractivity contribution in [2.75, 3.05) is 12.8 Å². The Morgan fingerprint density at radius 2 is 1.90 bits per heavy atom. The first-order valence-electron chi connectivity index (χ1n) is 6.37. The second kappa shape index (κ2) is 6.26. The Labute approximate surface area is 122 Å². The number of nitrogens with two attached hydrogens (primary N) is 1. The van der Waals surface area contributed by atoms with Gasteiger partial charge < -0.3 is 15.2 Å². The van der Waals surface area contributed by atoms with Gasteiger partial charge in [-0.1, -0.05) is 6.07 Å². The molecular weight excluding hydrogens is 273 g/mol. The van der Waals surface area contributed by atoms with Gasteiger partial charge in [-0.15, -0.1) is 0 Å². The highest BCUT2D eigenvalue weighted by molar-refractivity contribution is 5.97. The number of hydrogen-bond donors (Lipinski definition) is 1. The average Bonchev–Trinajstić information content (AvgIpc) is 2.46. The zero-order chi connectivity index (χ0) is 15.4. The summed E-state index contributed by atoms with van der Waals surface area (Å²) in [6, 6.07) is 9.41. The molecule has 0 fully saturated rings. The standard InChI is InChI=1S/C16H16FNO3/c1-10(19)13-8-12(18)4-6-15(13)21-9-11-3-5-16(20-2)14(17)7-11/h3-8H,9,18H2,1-2H3. The van der Waals surface area contributed by atoms with Crippen LogP contribution in [-0.4, -0.2) is 12.9 Å². The van der Waals surface area contributed by atoms with Crippen molar-refractivity contribution in [2.45, 2.75) is 13.5 Å². The van der Waals surface area contributed by atoms with Gasteiger partial charge in [0.25, 0.3) is 0 Å². The topological polar surface area (TPSA) is 61.6 Å². The van der Waals surface area contributed by atoms with Crippen molar-refractivity contribution in [2.24, 2.45) is 0 Å². The molecule has 0 aromatic heterocycles. The molecule has 0 aliphatic rings. The molecule has 0 aliphatic heterocycles. The second-order valence-corrected chi connectivity index (χ2v) is 4.57. The Morgan fingerprint density at radius 1 is 1.19 bits per heavy atom. The number of Topliss-reactive ketones (excluding diaryl/α,β-unsaturated/α-hetero) is 1. The van der Waals surface area contributed by atoms with E-state index in [0.29, 0.717) is 22.6 Å². The second-order valence-electron chi connectivity index (χ2n) is 4.57. The quantitative estimate of drug-likeness (QED) is 0.678. The minimum atomic E-state index is -0.456. The van der Waals surface area contributed by atoms with Crippen LogP contribution in [0.4, 0.5) is 10.1 Å². The van der Waals surface area contributed by atoms with Gasteiger partial charge >= 0.3 is 0 Å². The number of nitrogen functional groups attached to an aromatic ring is 1. The van der Waals surface area contributed by atoms with Crippen molar-refractivity contribution in [3.05, 3.63) is 53.3 Å². The smallest absolute Gasteiger partial charge is 0.165 e. The molecule has 4 nitrogen and oxygen atoms in total. The highest BCUT2D eigenvalue weighted by atomic mass is 19.1. The molecule has 2 N–H and O–H groups in total. The molecule has 2 rings (SSSR count). The summed E-state index contributed by atoms with van der Waals surface area (Å²) in [7, 11) is 1.40. The first-order valence-corrected chi connectivity index (χ1v) is 6.37. The summed E-state index contributed by atoms with van der Waals surface area (Å²) in [4.78, 5) is 11.6. The number of ether oxygens (including phenoxy) is 2. The maximum Gasteiger partial charge on any atom is 0.165 e.